The van der Waals surface area contributed by atoms with E-state index in [0.717, 1.165) is 43.6 Å². The molecule has 3 rings (SSSR count). The molecule has 2 heterocycles. The Kier molecular flexibility index (Phi) is 14.1. The Morgan fingerprint density at radius 3 is 2.62 bits per heavy atom. The summed E-state index contributed by atoms with van der Waals surface area (Å²) in [6.45, 7) is 7.37. The van der Waals surface area contributed by atoms with Crippen molar-refractivity contribution >= 4 is 38.9 Å². The molecule has 4 atom stereocenters. The minimum Gasteiger partial charge on any atom is -0.490 e. The van der Waals surface area contributed by atoms with Crippen molar-refractivity contribution in [3.8, 4) is 5.75 Å². The van der Waals surface area contributed by atoms with E-state index in [0.29, 0.717) is 25.3 Å². The second-order valence-corrected chi connectivity index (χ2v) is 15.1. The molecule has 11 nitrogen and oxygen atoms in total. The number of likely N-dealkylation sites (N-methyl/N-ethyl adjacent to an activating group) is 1. The van der Waals surface area contributed by atoms with E-state index in [4.69, 9.17) is 9.47 Å². The Balaban J connectivity index is 1.92. The lowest BCUT2D eigenvalue weighted by molar-refractivity contribution is -0.132. The minimum absolute atomic E-state index is 0.0427. The first-order valence-corrected chi connectivity index (χ1v) is 18.0. The van der Waals surface area contributed by atoms with E-state index in [1.165, 1.54) is 12.1 Å². The van der Waals surface area contributed by atoms with Crippen LogP contribution in [0.5, 0.6) is 5.75 Å². The smallest absolute Gasteiger partial charge is 0.271 e. The first-order chi connectivity index (χ1) is 21.3. The summed E-state index contributed by atoms with van der Waals surface area (Å²) in [5, 5.41) is 11.8. The molecule has 0 saturated heterocycles. The molecule has 2 aromatic rings. The maximum absolute atomic E-state index is 14.3. The molecular formula is C32H50N4O7S2. The molecule has 0 aliphatic carbocycles. The van der Waals surface area contributed by atoms with Gasteiger partial charge in [-0.25, -0.2) is 8.42 Å². The molecule has 1 aliphatic heterocycles. The number of benzene rings is 1. The third-order valence-corrected chi connectivity index (χ3v) is 10.7. The molecule has 0 radical (unpaired) electrons. The zero-order valence-corrected chi connectivity index (χ0v) is 29.0. The van der Waals surface area contributed by atoms with E-state index < -0.39 is 22.0 Å². The number of carbonyl (C=O) groups is 2. The van der Waals surface area contributed by atoms with Gasteiger partial charge in [0, 0.05) is 44.8 Å². The van der Waals surface area contributed by atoms with Crippen molar-refractivity contribution in [1.82, 2.24) is 14.7 Å². The summed E-state index contributed by atoms with van der Waals surface area (Å²) in [6, 6.07) is 7.34. The summed E-state index contributed by atoms with van der Waals surface area (Å²) in [6.07, 6.45) is 3.03. The predicted octanol–water partition coefficient (Wildman–Crippen LogP) is 4.14. The predicted molar refractivity (Wildman–Crippen MR) is 177 cm³/mol. The standard InChI is InChI=1S/C32H50N4O7S2/c1-23-20-36(24(2)22-37)32(39)27-19-26(33-45(40,41)31-13-10-18-44-31)14-15-28(27)43-25(3)11-7-8-17-42-29(23)21-35(6)30(38)12-9-16-34(4)5/h10,13-15,18-19,23-25,29,33,37H,7-9,11-12,16-17,20-22H2,1-6H3/t23-,24+,25+,29-/m1/s1. The summed E-state index contributed by atoms with van der Waals surface area (Å²) in [5.41, 5.74) is 0.427. The second kappa shape index (κ2) is 17.3. The van der Waals surface area contributed by atoms with Gasteiger partial charge in [0.05, 0.1) is 30.4 Å². The summed E-state index contributed by atoms with van der Waals surface area (Å²) >= 11 is 1.10. The Bertz CT molecular complexity index is 1340. The highest BCUT2D eigenvalue weighted by molar-refractivity contribution is 7.94. The van der Waals surface area contributed by atoms with Crippen LogP contribution >= 0.6 is 11.3 Å². The monoisotopic (exact) mass is 666 g/mol. The topological polar surface area (TPSA) is 129 Å². The highest BCUT2D eigenvalue weighted by Crippen LogP contribution is 2.30. The second-order valence-electron chi connectivity index (χ2n) is 12.2. The average Bonchev–Trinajstić information content (AvgIpc) is 3.54. The quantitative estimate of drug-likeness (QED) is 0.366. The molecule has 1 aliphatic rings. The van der Waals surface area contributed by atoms with E-state index in [1.807, 2.05) is 27.9 Å². The number of hydrogen-bond acceptors (Lipinski definition) is 9. The maximum atomic E-state index is 14.3. The molecule has 1 aromatic heterocycles. The number of nitrogens with one attached hydrogen (secondary N) is 1. The molecule has 252 valence electrons. The third kappa shape index (κ3) is 11.0. The van der Waals surface area contributed by atoms with Crippen LogP contribution in [0.3, 0.4) is 0 Å². The third-order valence-electron chi connectivity index (χ3n) is 7.94. The molecule has 0 unspecified atom stereocenters. The number of sulfonamides is 1. The normalized spacial score (nSPS) is 21.0. The lowest BCUT2D eigenvalue weighted by Crippen LogP contribution is -2.48. The Labute approximate surface area is 272 Å². The van der Waals surface area contributed by atoms with Crippen molar-refractivity contribution < 1.29 is 32.6 Å². The van der Waals surface area contributed by atoms with E-state index >= 15 is 0 Å². The highest BCUT2D eigenvalue weighted by Gasteiger charge is 2.31. The lowest BCUT2D eigenvalue weighted by atomic mass is 10.0. The maximum Gasteiger partial charge on any atom is 0.271 e. The number of nitrogens with zero attached hydrogens (tertiary/aromatic N) is 3. The number of ether oxygens (including phenoxy) is 2. The van der Waals surface area contributed by atoms with Crippen LogP contribution in [0.25, 0.3) is 0 Å². The van der Waals surface area contributed by atoms with E-state index in [9.17, 15) is 23.1 Å². The molecule has 1 aromatic carbocycles. The number of carbonyl (C=O) groups excluding carboxylic acids is 2. The molecule has 0 bridgehead atoms. The number of hydrogen-bond donors (Lipinski definition) is 2. The van der Waals surface area contributed by atoms with Gasteiger partial charge in [-0.3, -0.25) is 14.3 Å². The molecule has 0 saturated carbocycles. The minimum atomic E-state index is -3.84. The van der Waals surface area contributed by atoms with Crippen LogP contribution in [0, 0.1) is 5.92 Å². The summed E-state index contributed by atoms with van der Waals surface area (Å²) < 4.78 is 41.2. The van der Waals surface area contributed by atoms with Gasteiger partial charge < -0.3 is 29.3 Å². The van der Waals surface area contributed by atoms with Gasteiger partial charge >= 0.3 is 0 Å². The van der Waals surface area contributed by atoms with Crippen molar-refractivity contribution in [2.45, 2.75) is 75.3 Å². The first kappa shape index (κ1) is 36.8. The van der Waals surface area contributed by atoms with Crippen molar-refractivity contribution in [2.24, 2.45) is 5.92 Å². The van der Waals surface area contributed by atoms with Gasteiger partial charge in [0.2, 0.25) is 5.91 Å². The van der Waals surface area contributed by atoms with Crippen LogP contribution in [0.1, 0.15) is 63.2 Å². The lowest BCUT2D eigenvalue weighted by Gasteiger charge is -2.36. The number of fused-ring (bicyclic) bond motifs is 1. The first-order valence-electron chi connectivity index (χ1n) is 15.6. The SMILES string of the molecule is C[C@@H]1CN([C@@H](C)CO)C(=O)c2cc(NS(=O)(=O)c3cccs3)ccc2O[C@@H](C)CCCCO[C@@H]1CN(C)C(=O)CCCN(C)C. The fourth-order valence-electron chi connectivity index (χ4n) is 5.18. The van der Waals surface area contributed by atoms with Gasteiger partial charge in [-0.1, -0.05) is 13.0 Å². The van der Waals surface area contributed by atoms with Gasteiger partial charge in [-0.05, 0) is 89.8 Å². The average molecular weight is 667 g/mol. The number of rotatable bonds is 11. The van der Waals surface area contributed by atoms with Gasteiger partial charge in [-0.2, -0.15) is 0 Å². The molecule has 0 fully saturated rings. The molecule has 13 heteroatoms. The van der Waals surface area contributed by atoms with E-state index in [-0.39, 0.29) is 52.6 Å². The van der Waals surface area contributed by atoms with E-state index in [1.54, 1.807) is 47.4 Å². The summed E-state index contributed by atoms with van der Waals surface area (Å²) in [5.74, 6) is -0.193. The van der Waals surface area contributed by atoms with Crippen LogP contribution in [0.2, 0.25) is 0 Å². The van der Waals surface area contributed by atoms with Gasteiger partial charge in [0.15, 0.2) is 0 Å². The number of thiophene rings is 1. The Morgan fingerprint density at radius 2 is 1.96 bits per heavy atom. The zero-order chi connectivity index (χ0) is 33.1. The van der Waals surface area contributed by atoms with Crippen molar-refractivity contribution in [3.05, 3.63) is 41.3 Å². The van der Waals surface area contributed by atoms with Gasteiger partial charge in [0.25, 0.3) is 15.9 Å². The van der Waals surface area contributed by atoms with Crippen molar-refractivity contribution in [3.63, 3.8) is 0 Å². The van der Waals surface area contributed by atoms with Crippen LogP contribution in [0.15, 0.2) is 39.9 Å². The zero-order valence-electron chi connectivity index (χ0n) is 27.4. The van der Waals surface area contributed by atoms with Crippen molar-refractivity contribution in [2.75, 3.05) is 58.7 Å². The molecule has 45 heavy (non-hydrogen) atoms. The summed E-state index contributed by atoms with van der Waals surface area (Å²) in [7, 11) is 1.90. The van der Waals surface area contributed by atoms with Gasteiger partial charge in [0.1, 0.15) is 9.96 Å². The largest absolute Gasteiger partial charge is 0.490 e. The number of aliphatic hydroxyl groups excluding tert-OH is 1. The molecule has 2 N–H and O–H groups in total. The molecule has 0 spiro atoms. The number of aliphatic hydroxyl groups is 1. The van der Waals surface area contributed by atoms with Gasteiger partial charge in [-0.15, -0.1) is 11.3 Å². The molecular weight excluding hydrogens is 617 g/mol. The van der Waals surface area contributed by atoms with Crippen LogP contribution in [-0.4, -0.2) is 112 Å². The van der Waals surface area contributed by atoms with Crippen LogP contribution in [-0.2, 0) is 19.6 Å². The van der Waals surface area contributed by atoms with Crippen LogP contribution < -0.4 is 9.46 Å². The van der Waals surface area contributed by atoms with E-state index in [2.05, 4.69) is 9.62 Å². The Morgan fingerprint density at radius 1 is 1.20 bits per heavy atom. The fourth-order valence-corrected chi connectivity index (χ4v) is 7.22. The van der Waals surface area contributed by atoms with Crippen molar-refractivity contribution in [1.29, 1.82) is 0 Å². The summed E-state index contributed by atoms with van der Waals surface area (Å²) in [4.78, 5) is 32.5. The Hall–Kier alpha value is -2.71. The number of anilines is 1. The molecule has 2 amide bonds. The highest BCUT2D eigenvalue weighted by atomic mass is 32.2. The fraction of sp³-hybridized carbons (Fsp3) is 0.625. The van der Waals surface area contributed by atoms with Crippen LogP contribution in [0.4, 0.5) is 5.69 Å². The number of amides is 2.